The van der Waals surface area contributed by atoms with Crippen molar-refractivity contribution in [3.8, 4) is 0 Å². The quantitative estimate of drug-likeness (QED) is 0.863. The molecule has 25 heavy (non-hydrogen) atoms. The Morgan fingerprint density at radius 2 is 2.20 bits per heavy atom. The molecule has 0 spiro atoms. The van der Waals surface area contributed by atoms with E-state index in [0.29, 0.717) is 47.5 Å². The second kappa shape index (κ2) is 6.03. The normalized spacial score (nSPS) is 19.6. The number of aromatic carboxylic acids is 1. The zero-order valence-corrected chi connectivity index (χ0v) is 14.3. The number of benzene rings is 1. The van der Waals surface area contributed by atoms with Crippen LogP contribution in [0.4, 0.5) is 10.1 Å². The highest BCUT2D eigenvalue weighted by Crippen LogP contribution is 2.35. The number of halogens is 1. The molecule has 0 saturated carbocycles. The number of carboxylic acids is 1. The Morgan fingerprint density at radius 1 is 1.40 bits per heavy atom. The van der Waals surface area contributed by atoms with Gasteiger partial charge in [0.1, 0.15) is 11.4 Å². The van der Waals surface area contributed by atoms with Crippen molar-refractivity contribution in [1.29, 1.82) is 0 Å². The van der Waals surface area contributed by atoms with Gasteiger partial charge in [0.25, 0.3) is 0 Å². The van der Waals surface area contributed by atoms with Gasteiger partial charge in [0.2, 0.25) is 5.43 Å². The zero-order chi connectivity index (χ0) is 17.7. The van der Waals surface area contributed by atoms with E-state index in [1.165, 1.54) is 17.8 Å². The van der Waals surface area contributed by atoms with Crippen LogP contribution in [0.3, 0.4) is 0 Å². The van der Waals surface area contributed by atoms with Crippen LogP contribution in [0.15, 0.2) is 22.0 Å². The van der Waals surface area contributed by atoms with Crippen molar-refractivity contribution in [2.75, 3.05) is 30.3 Å². The average Bonchev–Trinajstić information content (AvgIpc) is 3.23. The van der Waals surface area contributed by atoms with Crippen LogP contribution in [0.25, 0.3) is 10.9 Å². The summed E-state index contributed by atoms with van der Waals surface area (Å²) in [6.45, 7) is 2.59. The van der Waals surface area contributed by atoms with Gasteiger partial charge in [0, 0.05) is 30.8 Å². The smallest absolute Gasteiger partial charge is 0.342 e. The Balaban J connectivity index is 1.93. The molecule has 3 N–H and O–H groups in total. The second-order valence-electron chi connectivity index (χ2n) is 6.47. The van der Waals surface area contributed by atoms with Gasteiger partial charge in [-0.2, -0.15) is 0 Å². The van der Waals surface area contributed by atoms with Crippen molar-refractivity contribution in [1.82, 2.24) is 4.57 Å². The van der Waals surface area contributed by atoms with E-state index in [1.54, 1.807) is 6.07 Å². The van der Waals surface area contributed by atoms with Crippen molar-refractivity contribution < 1.29 is 14.3 Å². The summed E-state index contributed by atoms with van der Waals surface area (Å²) in [7, 11) is 0. The Labute approximate surface area is 147 Å². The summed E-state index contributed by atoms with van der Waals surface area (Å²) in [6, 6.07) is 2.87. The van der Waals surface area contributed by atoms with Crippen molar-refractivity contribution >= 4 is 34.3 Å². The van der Waals surface area contributed by atoms with Crippen LogP contribution in [0.2, 0.25) is 0 Å². The number of hydrogen-bond acceptors (Lipinski definition) is 5. The highest BCUT2D eigenvalue weighted by molar-refractivity contribution is 7.99. The van der Waals surface area contributed by atoms with Gasteiger partial charge in [-0.1, -0.05) is 0 Å². The molecule has 0 amide bonds. The molecule has 1 aromatic carbocycles. The summed E-state index contributed by atoms with van der Waals surface area (Å²) < 4.78 is 16.5. The molecule has 0 radical (unpaired) electrons. The van der Waals surface area contributed by atoms with E-state index in [1.807, 2.05) is 9.47 Å². The molecule has 1 fully saturated rings. The van der Waals surface area contributed by atoms with Crippen LogP contribution >= 0.6 is 11.8 Å². The lowest BCUT2D eigenvalue weighted by molar-refractivity contribution is 0.0690. The molecule has 1 saturated heterocycles. The number of fused-ring (bicyclic) bond motifs is 3. The molecule has 132 valence electrons. The van der Waals surface area contributed by atoms with Gasteiger partial charge in [-0.25, -0.2) is 9.18 Å². The summed E-state index contributed by atoms with van der Waals surface area (Å²) in [5.74, 6) is -0.719. The van der Waals surface area contributed by atoms with Gasteiger partial charge < -0.3 is 20.3 Å². The van der Waals surface area contributed by atoms with Crippen LogP contribution in [-0.2, 0) is 6.54 Å². The summed E-state index contributed by atoms with van der Waals surface area (Å²) in [5, 5.41) is 9.99. The van der Waals surface area contributed by atoms with Crippen LogP contribution in [0, 0.1) is 11.7 Å². The third kappa shape index (κ3) is 2.51. The predicted octanol–water partition coefficient (Wildman–Crippen LogP) is 1.73. The lowest BCUT2D eigenvalue weighted by Gasteiger charge is -2.21. The maximum atomic E-state index is 14.7. The fourth-order valence-corrected chi connectivity index (χ4v) is 4.85. The molecule has 1 unspecified atom stereocenters. The third-order valence-electron chi connectivity index (χ3n) is 5.01. The van der Waals surface area contributed by atoms with Gasteiger partial charge >= 0.3 is 5.97 Å². The molecule has 8 heteroatoms. The van der Waals surface area contributed by atoms with Crippen LogP contribution in [0.5, 0.6) is 0 Å². The largest absolute Gasteiger partial charge is 0.477 e. The molecule has 0 aliphatic carbocycles. The first-order valence-corrected chi connectivity index (χ1v) is 9.21. The van der Waals surface area contributed by atoms with Crippen molar-refractivity contribution in [3.63, 3.8) is 0 Å². The first-order valence-electron chi connectivity index (χ1n) is 8.22. The number of anilines is 1. The predicted molar refractivity (Wildman–Crippen MR) is 95.2 cm³/mol. The number of rotatable bonds is 3. The molecule has 2 aliphatic rings. The van der Waals surface area contributed by atoms with Gasteiger partial charge in [0.05, 0.1) is 16.2 Å². The molecule has 2 aliphatic heterocycles. The van der Waals surface area contributed by atoms with E-state index in [4.69, 9.17) is 5.73 Å². The number of nitrogens with zero attached hydrogens (tertiary/aromatic N) is 2. The van der Waals surface area contributed by atoms with Crippen molar-refractivity contribution in [2.24, 2.45) is 11.7 Å². The number of carboxylic acid groups (broad SMARTS) is 1. The van der Waals surface area contributed by atoms with E-state index in [2.05, 4.69) is 0 Å². The maximum Gasteiger partial charge on any atom is 0.342 e. The Bertz CT molecular complexity index is 943. The molecule has 1 atom stereocenters. The molecule has 2 aromatic rings. The highest BCUT2D eigenvalue weighted by atomic mass is 32.2. The standard InChI is InChI=1S/C17H18FN3O3S/c18-11-5-10-12(6-13(11)20-2-1-9(7-19)8-20)21-3-4-25-16(21)14(15(10)22)17(23)24/h5-6,9H,1-4,7-8,19H2,(H,23,24). The van der Waals surface area contributed by atoms with E-state index >= 15 is 0 Å². The monoisotopic (exact) mass is 363 g/mol. The number of thioether (sulfide) groups is 1. The van der Waals surface area contributed by atoms with Crippen LogP contribution in [0.1, 0.15) is 16.8 Å². The van der Waals surface area contributed by atoms with Crippen molar-refractivity contribution in [3.05, 3.63) is 33.7 Å². The van der Waals surface area contributed by atoms with Crippen LogP contribution in [-0.4, -0.2) is 41.0 Å². The van der Waals surface area contributed by atoms with Gasteiger partial charge in [0.15, 0.2) is 0 Å². The van der Waals surface area contributed by atoms with E-state index in [-0.39, 0.29) is 10.9 Å². The Morgan fingerprint density at radius 3 is 2.88 bits per heavy atom. The average molecular weight is 363 g/mol. The first kappa shape index (κ1) is 16.4. The summed E-state index contributed by atoms with van der Waals surface area (Å²) in [5.41, 5.74) is 5.90. The highest BCUT2D eigenvalue weighted by Gasteiger charge is 2.28. The molecule has 6 nitrogen and oxygen atoms in total. The third-order valence-corrected chi connectivity index (χ3v) is 6.10. The topological polar surface area (TPSA) is 88.6 Å². The fourth-order valence-electron chi connectivity index (χ4n) is 3.71. The minimum atomic E-state index is -1.26. The SMILES string of the molecule is NCC1CCN(c2cc3c(cc2F)c(=O)c(C(=O)O)c2n3CCS2)C1. The summed E-state index contributed by atoms with van der Waals surface area (Å²) in [6.07, 6.45) is 0.917. The molecular weight excluding hydrogens is 345 g/mol. The molecule has 0 bridgehead atoms. The molecule has 1 aromatic heterocycles. The number of aromatic nitrogens is 1. The minimum absolute atomic E-state index is 0.125. The van der Waals surface area contributed by atoms with Crippen molar-refractivity contribution in [2.45, 2.75) is 18.0 Å². The number of aryl methyl sites for hydroxylation is 1. The maximum absolute atomic E-state index is 14.7. The second-order valence-corrected chi connectivity index (χ2v) is 7.56. The minimum Gasteiger partial charge on any atom is -0.477 e. The molecule has 3 heterocycles. The zero-order valence-electron chi connectivity index (χ0n) is 13.5. The first-order chi connectivity index (χ1) is 12.0. The van der Waals surface area contributed by atoms with Gasteiger partial charge in [-0.05, 0) is 31.0 Å². The number of nitrogens with two attached hydrogens (primary N) is 1. The van der Waals surface area contributed by atoms with Gasteiger partial charge in [-0.3, -0.25) is 4.79 Å². The van der Waals surface area contributed by atoms with E-state index in [0.717, 1.165) is 13.0 Å². The van der Waals surface area contributed by atoms with E-state index < -0.39 is 17.2 Å². The number of hydrogen-bond donors (Lipinski definition) is 2. The number of carbonyl (C=O) groups is 1. The Kier molecular flexibility index (Phi) is 3.96. The fraction of sp³-hybridized carbons (Fsp3) is 0.412. The van der Waals surface area contributed by atoms with Crippen LogP contribution < -0.4 is 16.1 Å². The molecule has 4 rings (SSSR count). The lowest BCUT2D eigenvalue weighted by Crippen LogP contribution is -2.24. The lowest BCUT2D eigenvalue weighted by atomic mass is 10.1. The Hall–Kier alpha value is -2.06. The van der Waals surface area contributed by atoms with E-state index in [9.17, 15) is 19.1 Å². The summed E-state index contributed by atoms with van der Waals surface area (Å²) in [4.78, 5) is 26.1. The molecular formula is C17H18FN3O3S. The summed E-state index contributed by atoms with van der Waals surface area (Å²) >= 11 is 1.36. The van der Waals surface area contributed by atoms with Gasteiger partial charge in [-0.15, -0.1) is 11.8 Å². The number of pyridine rings is 1.